The van der Waals surface area contributed by atoms with Crippen LogP contribution in [0.3, 0.4) is 0 Å². The molecule has 0 aliphatic heterocycles. The summed E-state index contributed by atoms with van der Waals surface area (Å²) in [5.41, 5.74) is 2.13. The van der Waals surface area contributed by atoms with Crippen LogP contribution in [0.5, 0.6) is 0 Å². The van der Waals surface area contributed by atoms with Crippen LogP contribution in [0, 0.1) is 6.92 Å². The van der Waals surface area contributed by atoms with Gasteiger partial charge in [-0.15, -0.1) is 5.10 Å². The number of aryl methyl sites for hydroxylation is 1. The molecule has 1 saturated carbocycles. The van der Waals surface area contributed by atoms with Gasteiger partial charge in [-0.05, 0) is 56.6 Å². The van der Waals surface area contributed by atoms with E-state index >= 15 is 0 Å². The van der Waals surface area contributed by atoms with Crippen LogP contribution < -0.4 is 5.32 Å². The van der Waals surface area contributed by atoms with Crippen LogP contribution in [0.2, 0.25) is 0 Å². The van der Waals surface area contributed by atoms with Crippen molar-refractivity contribution in [2.75, 3.05) is 11.6 Å². The van der Waals surface area contributed by atoms with Gasteiger partial charge in [0.1, 0.15) is 0 Å². The molecule has 5 heteroatoms. The highest BCUT2D eigenvalue weighted by Crippen LogP contribution is 2.28. The zero-order chi connectivity index (χ0) is 13.2. The van der Waals surface area contributed by atoms with E-state index in [0.717, 1.165) is 16.8 Å². The first kappa shape index (κ1) is 12.8. The van der Waals surface area contributed by atoms with Gasteiger partial charge in [0.25, 0.3) is 0 Å². The van der Waals surface area contributed by atoms with E-state index in [0.29, 0.717) is 6.04 Å². The normalized spacial score (nSPS) is 23.7. The van der Waals surface area contributed by atoms with Gasteiger partial charge < -0.3 is 5.32 Å². The fourth-order valence-electron chi connectivity index (χ4n) is 2.67. The Kier molecular flexibility index (Phi) is 3.64. The van der Waals surface area contributed by atoms with Crippen molar-refractivity contribution in [2.45, 2.75) is 43.9 Å². The fourth-order valence-corrected chi connectivity index (χ4v) is 3.41. The number of nitrogens with one attached hydrogen (secondary N) is 1. The summed E-state index contributed by atoms with van der Waals surface area (Å²) < 4.78 is 1.84. The molecule has 1 aliphatic rings. The van der Waals surface area contributed by atoms with Gasteiger partial charge in [-0.1, -0.05) is 0 Å². The van der Waals surface area contributed by atoms with Crippen molar-refractivity contribution in [3.8, 4) is 0 Å². The van der Waals surface area contributed by atoms with Gasteiger partial charge in [-0.25, -0.2) is 4.52 Å². The Morgan fingerprint density at radius 2 is 2.11 bits per heavy atom. The maximum atomic E-state index is 4.54. The summed E-state index contributed by atoms with van der Waals surface area (Å²) in [5.74, 6) is 0.762. The lowest BCUT2D eigenvalue weighted by Gasteiger charge is -2.27. The molecule has 0 radical (unpaired) electrons. The van der Waals surface area contributed by atoms with E-state index in [4.69, 9.17) is 0 Å². The minimum Gasteiger partial charge on any atom is -0.350 e. The molecule has 0 amide bonds. The van der Waals surface area contributed by atoms with Crippen molar-refractivity contribution in [3.63, 3.8) is 0 Å². The molecule has 0 aromatic carbocycles. The van der Waals surface area contributed by atoms with Crippen molar-refractivity contribution in [2.24, 2.45) is 0 Å². The lowest BCUT2D eigenvalue weighted by Crippen LogP contribution is -2.27. The number of rotatable bonds is 3. The van der Waals surface area contributed by atoms with Crippen LogP contribution >= 0.6 is 11.8 Å². The molecule has 0 spiro atoms. The average molecular weight is 276 g/mol. The Hall–Kier alpha value is -1.23. The molecule has 3 rings (SSSR count). The number of aromatic nitrogens is 3. The third-order valence-corrected chi connectivity index (χ3v) is 4.97. The third kappa shape index (κ3) is 2.86. The van der Waals surface area contributed by atoms with Gasteiger partial charge in [0, 0.05) is 17.5 Å². The van der Waals surface area contributed by atoms with E-state index < -0.39 is 0 Å². The Balaban J connectivity index is 1.68. The van der Waals surface area contributed by atoms with Crippen LogP contribution in [0.1, 0.15) is 31.2 Å². The predicted octanol–water partition coefficient (Wildman–Crippen LogP) is 3.12. The van der Waals surface area contributed by atoms with Gasteiger partial charge in [-0.3, -0.25) is 0 Å². The van der Waals surface area contributed by atoms with Crippen molar-refractivity contribution >= 4 is 23.4 Å². The van der Waals surface area contributed by atoms with Crippen LogP contribution in [0.4, 0.5) is 5.95 Å². The number of anilines is 1. The summed E-state index contributed by atoms with van der Waals surface area (Å²) >= 11 is 2.00. The summed E-state index contributed by atoms with van der Waals surface area (Å²) in [7, 11) is 0. The molecule has 1 aliphatic carbocycles. The number of nitrogens with zero attached hydrogens (tertiary/aromatic N) is 3. The minimum atomic E-state index is 0.530. The maximum Gasteiger partial charge on any atom is 0.243 e. The zero-order valence-corrected chi connectivity index (χ0v) is 12.3. The summed E-state index contributed by atoms with van der Waals surface area (Å²) in [6, 6.07) is 4.64. The van der Waals surface area contributed by atoms with E-state index in [9.17, 15) is 0 Å². The topological polar surface area (TPSA) is 42.2 Å². The summed E-state index contributed by atoms with van der Waals surface area (Å²) in [4.78, 5) is 4.54. The SMILES string of the molecule is CSC1CCC(Nc2nc3cc(C)ccn3n2)CC1. The van der Waals surface area contributed by atoms with Crippen LogP contribution in [-0.4, -0.2) is 32.1 Å². The predicted molar refractivity (Wildman–Crippen MR) is 80.9 cm³/mol. The second kappa shape index (κ2) is 5.41. The van der Waals surface area contributed by atoms with Gasteiger partial charge in [0.2, 0.25) is 5.95 Å². The summed E-state index contributed by atoms with van der Waals surface area (Å²) in [5, 5.41) is 8.80. The van der Waals surface area contributed by atoms with E-state index in [1.807, 2.05) is 22.5 Å². The summed E-state index contributed by atoms with van der Waals surface area (Å²) in [6.07, 6.45) is 9.22. The number of thioether (sulfide) groups is 1. The van der Waals surface area contributed by atoms with Crippen molar-refractivity contribution in [1.82, 2.24) is 14.6 Å². The molecule has 1 fully saturated rings. The smallest absolute Gasteiger partial charge is 0.243 e. The summed E-state index contributed by atoms with van der Waals surface area (Å²) in [6.45, 7) is 2.07. The number of hydrogen-bond acceptors (Lipinski definition) is 4. The largest absolute Gasteiger partial charge is 0.350 e. The second-order valence-corrected chi connectivity index (χ2v) is 6.43. The number of fused-ring (bicyclic) bond motifs is 1. The van der Waals surface area contributed by atoms with Crippen LogP contribution in [0.15, 0.2) is 18.3 Å². The molecule has 2 heterocycles. The van der Waals surface area contributed by atoms with Crippen molar-refractivity contribution in [1.29, 1.82) is 0 Å². The highest BCUT2D eigenvalue weighted by atomic mass is 32.2. The minimum absolute atomic E-state index is 0.530. The Morgan fingerprint density at radius 1 is 1.32 bits per heavy atom. The molecule has 4 nitrogen and oxygen atoms in total. The molecule has 2 aromatic rings. The van der Waals surface area contributed by atoms with E-state index in [2.05, 4.69) is 40.7 Å². The van der Waals surface area contributed by atoms with Crippen LogP contribution in [-0.2, 0) is 0 Å². The van der Waals surface area contributed by atoms with Crippen molar-refractivity contribution < 1.29 is 0 Å². The monoisotopic (exact) mass is 276 g/mol. The van der Waals surface area contributed by atoms with E-state index in [1.54, 1.807) is 0 Å². The van der Waals surface area contributed by atoms with Gasteiger partial charge >= 0.3 is 0 Å². The third-order valence-electron chi connectivity index (χ3n) is 3.83. The molecule has 102 valence electrons. The zero-order valence-electron chi connectivity index (χ0n) is 11.5. The number of hydrogen-bond donors (Lipinski definition) is 1. The molecule has 2 aromatic heterocycles. The first-order chi connectivity index (χ1) is 9.24. The molecule has 0 bridgehead atoms. The first-order valence-electron chi connectivity index (χ1n) is 6.87. The first-order valence-corrected chi connectivity index (χ1v) is 8.16. The second-order valence-electron chi connectivity index (χ2n) is 5.30. The Labute approximate surface area is 118 Å². The fraction of sp³-hybridized carbons (Fsp3) is 0.571. The van der Waals surface area contributed by atoms with Crippen molar-refractivity contribution in [3.05, 3.63) is 23.9 Å². The Morgan fingerprint density at radius 3 is 2.84 bits per heavy atom. The molecule has 1 N–H and O–H groups in total. The quantitative estimate of drug-likeness (QED) is 0.935. The van der Waals surface area contributed by atoms with E-state index in [-0.39, 0.29) is 0 Å². The molecule has 0 atom stereocenters. The van der Waals surface area contributed by atoms with Gasteiger partial charge in [0.05, 0.1) is 0 Å². The molecule has 19 heavy (non-hydrogen) atoms. The lowest BCUT2D eigenvalue weighted by molar-refractivity contribution is 0.471. The van der Waals surface area contributed by atoms with E-state index in [1.165, 1.54) is 31.2 Å². The molecule has 0 unspecified atom stereocenters. The highest BCUT2D eigenvalue weighted by molar-refractivity contribution is 7.99. The lowest BCUT2D eigenvalue weighted by atomic mass is 9.95. The highest BCUT2D eigenvalue weighted by Gasteiger charge is 2.21. The Bertz CT molecular complexity index is 558. The molecular weight excluding hydrogens is 256 g/mol. The maximum absolute atomic E-state index is 4.54. The number of pyridine rings is 1. The molecular formula is C14H20N4S. The van der Waals surface area contributed by atoms with Gasteiger partial charge in [-0.2, -0.15) is 16.7 Å². The van der Waals surface area contributed by atoms with Crippen LogP contribution in [0.25, 0.3) is 5.65 Å². The average Bonchev–Trinajstić information content (AvgIpc) is 2.81. The molecule has 0 saturated heterocycles. The standard InChI is InChI=1S/C14H20N4S/c1-10-7-8-18-13(9-10)16-14(17-18)15-11-3-5-12(19-2)6-4-11/h7-9,11-12H,3-6H2,1-2H3,(H,15,17). The van der Waals surface area contributed by atoms with Gasteiger partial charge in [0.15, 0.2) is 5.65 Å².